The quantitative estimate of drug-likeness (QED) is 0.483. The summed E-state index contributed by atoms with van der Waals surface area (Å²) in [6, 6.07) is 8.61. The van der Waals surface area contributed by atoms with Crippen LogP contribution in [0.2, 0.25) is 0 Å². The van der Waals surface area contributed by atoms with E-state index < -0.39 is 0 Å². The highest BCUT2D eigenvalue weighted by Gasteiger charge is 2.14. The minimum Gasteiger partial charge on any atom is -0.493 e. The lowest BCUT2D eigenvalue weighted by Gasteiger charge is -2.11. The van der Waals surface area contributed by atoms with Crippen molar-refractivity contribution >= 4 is 22.4 Å². The predicted octanol–water partition coefficient (Wildman–Crippen LogP) is 3.16. The maximum absolute atomic E-state index is 12.6. The van der Waals surface area contributed by atoms with Gasteiger partial charge in [0.15, 0.2) is 11.5 Å². The number of nitrogens with zero attached hydrogens (tertiary/aromatic N) is 4. The van der Waals surface area contributed by atoms with Gasteiger partial charge in [-0.2, -0.15) is 0 Å². The molecule has 146 valence electrons. The Kier molecular flexibility index (Phi) is 5.43. The van der Waals surface area contributed by atoms with Gasteiger partial charge in [0, 0.05) is 29.7 Å². The maximum Gasteiger partial charge on any atom is 0.257 e. The normalized spacial score (nSPS) is 10.5. The number of nitrogens with one attached hydrogen (secondary N) is 2. The van der Waals surface area contributed by atoms with Gasteiger partial charge in [0.05, 0.1) is 19.1 Å². The van der Waals surface area contributed by atoms with Crippen LogP contribution in [0.15, 0.2) is 55.2 Å². The number of ether oxygens (including phenoxy) is 2. The van der Waals surface area contributed by atoms with Crippen molar-refractivity contribution in [2.45, 2.75) is 6.61 Å². The highest BCUT2D eigenvalue weighted by Crippen LogP contribution is 2.30. The lowest BCUT2D eigenvalue weighted by molar-refractivity contribution is 0.102. The van der Waals surface area contributed by atoms with E-state index in [1.54, 1.807) is 43.1 Å². The number of amides is 1. The molecule has 0 atom stereocenters. The molecular formula is C19H16N6O3S. The second-order valence-electron chi connectivity index (χ2n) is 5.82. The Morgan fingerprint density at radius 1 is 1.17 bits per heavy atom. The number of benzene rings is 1. The minimum absolute atomic E-state index is 0.286. The molecule has 0 radical (unpaired) electrons. The molecule has 0 saturated heterocycles. The first kappa shape index (κ1) is 18.6. The zero-order valence-corrected chi connectivity index (χ0v) is 16.1. The number of hydrogen-bond donors (Lipinski definition) is 2. The number of aromatic nitrogens is 5. The van der Waals surface area contributed by atoms with E-state index in [9.17, 15) is 4.79 Å². The molecule has 3 heterocycles. The third-order valence-electron chi connectivity index (χ3n) is 3.93. The molecule has 29 heavy (non-hydrogen) atoms. The smallest absolute Gasteiger partial charge is 0.257 e. The number of carbonyl (C=O) groups is 1. The first-order valence-corrected chi connectivity index (χ1v) is 9.38. The summed E-state index contributed by atoms with van der Waals surface area (Å²) >= 11 is 1.28. The van der Waals surface area contributed by atoms with E-state index >= 15 is 0 Å². The fourth-order valence-electron chi connectivity index (χ4n) is 2.50. The molecule has 0 spiro atoms. The first-order valence-electron chi connectivity index (χ1n) is 8.56. The van der Waals surface area contributed by atoms with Crippen LogP contribution >= 0.6 is 11.3 Å². The second-order valence-corrected chi connectivity index (χ2v) is 6.79. The van der Waals surface area contributed by atoms with E-state index in [0.717, 1.165) is 11.3 Å². The van der Waals surface area contributed by atoms with Gasteiger partial charge in [-0.15, -0.1) is 10.2 Å². The Hall–Kier alpha value is -3.79. The van der Waals surface area contributed by atoms with Crippen molar-refractivity contribution in [1.82, 2.24) is 25.1 Å². The number of anilines is 1. The average Bonchev–Trinajstić information content (AvgIpc) is 3.45. The molecule has 0 aliphatic rings. The Morgan fingerprint density at radius 3 is 2.79 bits per heavy atom. The molecule has 4 rings (SSSR count). The SMILES string of the molecule is COc1cc(C(=O)Nc2nnc(-c3ccncc3)s2)ccc1OCc1c[nH]cn1. The fraction of sp³-hybridized carbons (Fsp3) is 0.105. The van der Waals surface area contributed by atoms with Crippen molar-refractivity contribution in [3.05, 3.63) is 66.5 Å². The van der Waals surface area contributed by atoms with Crippen LogP contribution < -0.4 is 14.8 Å². The standard InChI is InChI=1S/C19H16N6O3S/c1-27-16-8-13(2-3-15(16)28-10-14-9-21-11-22-14)17(26)23-19-25-24-18(29-19)12-4-6-20-7-5-12/h2-9,11H,10H2,1H3,(H,21,22)(H,23,25,26). The summed E-state index contributed by atoms with van der Waals surface area (Å²) < 4.78 is 11.1. The molecule has 0 saturated carbocycles. The summed E-state index contributed by atoms with van der Waals surface area (Å²) in [4.78, 5) is 23.5. The number of rotatable bonds is 7. The van der Waals surface area contributed by atoms with Crippen LogP contribution in [0.4, 0.5) is 5.13 Å². The highest BCUT2D eigenvalue weighted by molar-refractivity contribution is 7.18. The van der Waals surface area contributed by atoms with Gasteiger partial charge in [0.1, 0.15) is 11.6 Å². The molecule has 0 bridgehead atoms. The first-order chi connectivity index (χ1) is 14.2. The molecule has 0 unspecified atom stereocenters. The van der Waals surface area contributed by atoms with E-state index in [2.05, 4.69) is 30.5 Å². The average molecular weight is 408 g/mol. The van der Waals surface area contributed by atoms with Crippen LogP contribution in [-0.2, 0) is 6.61 Å². The van der Waals surface area contributed by atoms with Crippen molar-refractivity contribution in [2.75, 3.05) is 12.4 Å². The third-order valence-corrected chi connectivity index (χ3v) is 4.82. The summed E-state index contributed by atoms with van der Waals surface area (Å²) in [5, 5.41) is 12.0. The Morgan fingerprint density at radius 2 is 2.03 bits per heavy atom. The molecule has 9 nitrogen and oxygen atoms in total. The van der Waals surface area contributed by atoms with Crippen molar-refractivity contribution in [3.8, 4) is 22.1 Å². The van der Waals surface area contributed by atoms with Gasteiger partial charge < -0.3 is 14.5 Å². The fourth-order valence-corrected chi connectivity index (χ4v) is 3.25. The second kappa shape index (κ2) is 8.48. The molecule has 3 aromatic heterocycles. The van der Waals surface area contributed by atoms with E-state index in [0.29, 0.717) is 27.2 Å². The number of hydrogen-bond acceptors (Lipinski definition) is 8. The number of H-pyrrole nitrogens is 1. The highest BCUT2D eigenvalue weighted by atomic mass is 32.1. The van der Waals surface area contributed by atoms with Gasteiger partial charge >= 0.3 is 0 Å². The van der Waals surface area contributed by atoms with Gasteiger partial charge in [-0.25, -0.2) is 4.98 Å². The molecule has 10 heteroatoms. The summed E-state index contributed by atoms with van der Waals surface area (Å²) in [6.45, 7) is 0.286. The Balaban J connectivity index is 1.45. The Bertz CT molecular complexity index is 1100. The van der Waals surface area contributed by atoms with Crippen LogP contribution in [-0.4, -0.2) is 38.2 Å². The molecule has 0 fully saturated rings. The summed E-state index contributed by atoms with van der Waals surface area (Å²) in [5.41, 5.74) is 2.06. The molecule has 2 N–H and O–H groups in total. The van der Waals surface area contributed by atoms with Crippen molar-refractivity contribution < 1.29 is 14.3 Å². The van der Waals surface area contributed by atoms with Crippen molar-refractivity contribution in [1.29, 1.82) is 0 Å². The maximum atomic E-state index is 12.6. The molecule has 1 amide bonds. The van der Waals surface area contributed by atoms with Crippen LogP contribution in [0.5, 0.6) is 11.5 Å². The lowest BCUT2D eigenvalue weighted by Crippen LogP contribution is -2.12. The monoisotopic (exact) mass is 408 g/mol. The van der Waals surface area contributed by atoms with Crippen LogP contribution in [0, 0.1) is 0 Å². The van der Waals surface area contributed by atoms with E-state index in [1.165, 1.54) is 18.4 Å². The number of methoxy groups -OCH3 is 1. The topological polar surface area (TPSA) is 115 Å². The van der Waals surface area contributed by atoms with Gasteiger partial charge in [0.25, 0.3) is 5.91 Å². The minimum atomic E-state index is -0.320. The zero-order valence-electron chi connectivity index (χ0n) is 15.3. The van der Waals surface area contributed by atoms with Gasteiger partial charge in [0.2, 0.25) is 5.13 Å². The van der Waals surface area contributed by atoms with E-state index in [-0.39, 0.29) is 12.5 Å². The van der Waals surface area contributed by atoms with E-state index in [1.807, 2.05) is 12.1 Å². The molecule has 0 aliphatic heterocycles. The largest absolute Gasteiger partial charge is 0.493 e. The Labute approximate surface area is 169 Å². The molecule has 4 aromatic rings. The molecule has 1 aromatic carbocycles. The zero-order chi connectivity index (χ0) is 20.1. The van der Waals surface area contributed by atoms with E-state index in [4.69, 9.17) is 9.47 Å². The van der Waals surface area contributed by atoms with Crippen LogP contribution in [0.25, 0.3) is 10.6 Å². The van der Waals surface area contributed by atoms with Crippen molar-refractivity contribution in [2.24, 2.45) is 0 Å². The van der Waals surface area contributed by atoms with Gasteiger partial charge in [-0.1, -0.05) is 11.3 Å². The number of pyridine rings is 1. The van der Waals surface area contributed by atoms with Crippen LogP contribution in [0.1, 0.15) is 16.1 Å². The number of aromatic amines is 1. The molecular weight excluding hydrogens is 392 g/mol. The summed E-state index contributed by atoms with van der Waals surface area (Å²) in [7, 11) is 1.52. The number of imidazole rings is 1. The third kappa shape index (κ3) is 4.38. The van der Waals surface area contributed by atoms with Crippen LogP contribution in [0.3, 0.4) is 0 Å². The number of carbonyl (C=O) groups excluding carboxylic acids is 1. The van der Waals surface area contributed by atoms with Gasteiger partial charge in [-0.05, 0) is 30.3 Å². The molecule has 0 aliphatic carbocycles. The predicted molar refractivity (Wildman–Crippen MR) is 107 cm³/mol. The van der Waals surface area contributed by atoms with Gasteiger partial charge in [-0.3, -0.25) is 15.1 Å². The summed E-state index contributed by atoms with van der Waals surface area (Å²) in [6.07, 6.45) is 6.68. The van der Waals surface area contributed by atoms with Crippen molar-refractivity contribution in [3.63, 3.8) is 0 Å². The lowest BCUT2D eigenvalue weighted by atomic mass is 10.2. The summed E-state index contributed by atoms with van der Waals surface area (Å²) in [5.74, 6) is 0.644.